The number of hydrogen-bond acceptors (Lipinski definition) is 3. The first kappa shape index (κ1) is 27.2. The van der Waals surface area contributed by atoms with Crippen LogP contribution in [-0.2, 0) is 4.74 Å². The molecule has 5 aliphatic rings. The number of hydrogen-bond donors (Lipinski definition) is 2. The van der Waals surface area contributed by atoms with Crippen molar-refractivity contribution in [3.05, 3.63) is 0 Å². The fourth-order valence-corrected chi connectivity index (χ4v) is 10.4. The van der Waals surface area contributed by atoms with Gasteiger partial charge in [0.1, 0.15) is 0 Å². The summed E-state index contributed by atoms with van der Waals surface area (Å²) in [5.41, 5.74) is -2.25. The highest BCUT2D eigenvalue weighted by atomic mass is 19.4. The van der Waals surface area contributed by atoms with Crippen LogP contribution in [0.2, 0.25) is 0 Å². The summed E-state index contributed by atoms with van der Waals surface area (Å²) in [5.74, 6) is 3.42. The molecule has 1 heterocycles. The van der Waals surface area contributed by atoms with Crippen molar-refractivity contribution in [2.45, 2.75) is 122 Å². The quantitative estimate of drug-likeness (QED) is 0.410. The Bertz CT molecular complexity index is 782. The van der Waals surface area contributed by atoms with Crippen molar-refractivity contribution >= 4 is 0 Å². The fourth-order valence-electron chi connectivity index (χ4n) is 10.4. The molecule has 1 aliphatic heterocycles. The van der Waals surface area contributed by atoms with E-state index in [-0.39, 0.29) is 30.3 Å². The van der Waals surface area contributed by atoms with Crippen LogP contribution in [0.1, 0.15) is 104 Å². The highest BCUT2D eigenvalue weighted by molar-refractivity contribution is 5.11. The number of aliphatic hydroxyl groups is 2. The van der Waals surface area contributed by atoms with E-state index in [4.69, 9.17) is 4.74 Å². The van der Waals surface area contributed by atoms with Gasteiger partial charge in [0.15, 0.2) is 5.60 Å². The van der Waals surface area contributed by atoms with Crippen molar-refractivity contribution in [2.24, 2.45) is 52.3 Å². The highest BCUT2D eigenvalue weighted by Crippen LogP contribution is 2.69. The molecule has 1 saturated heterocycles. The Kier molecular flexibility index (Phi) is 7.34. The molecule has 2 N–H and O–H groups in total. The van der Waals surface area contributed by atoms with Gasteiger partial charge in [0.25, 0.3) is 0 Å². The topological polar surface area (TPSA) is 49.7 Å². The SMILES string of the molecule is C[C@H](CC[C@@H](O)C1CCOCC1)[C@H]1CC[C@H]2[C@@H]3CC[C@H]4C[C@](O)(C(F)(F)F)CC[C@]4(C)[C@H]3CC[C@]12C. The molecule has 208 valence electrons. The van der Waals surface area contributed by atoms with Crippen LogP contribution in [0.15, 0.2) is 0 Å². The van der Waals surface area contributed by atoms with Gasteiger partial charge in [-0.05, 0) is 136 Å². The summed E-state index contributed by atoms with van der Waals surface area (Å²) in [7, 11) is 0. The minimum Gasteiger partial charge on any atom is -0.393 e. The van der Waals surface area contributed by atoms with Crippen LogP contribution in [-0.4, -0.2) is 41.3 Å². The predicted molar refractivity (Wildman–Crippen MR) is 134 cm³/mol. The van der Waals surface area contributed by atoms with Gasteiger partial charge in [0.2, 0.25) is 0 Å². The van der Waals surface area contributed by atoms with Crippen molar-refractivity contribution in [1.29, 1.82) is 0 Å². The van der Waals surface area contributed by atoms with Crippen LogP contribution in [0.3, 0.4) is 0 Å². The maximum atomic E-state index is 13.6. The summed E-state index contributed by atoms with van der Waals surface area (Å²) >= 11 is 0. The third kappa shape index (κ3) is 4.47. The van der Waals surface area contributed by atoms with Gasteiger partial charge in [0, 0.05) is 13.2 Å². The zero-order valence-electron chi connectivity index (χ0n) is 22.7. The number of fused-ring (bicyclic) bond motifs is 5. The molecule has 0 aromatic carbocycles. The lowest BCUT2D eigenvalue weighted by Gasteiger charge is -2.62. The average molecular weight is 515 g/mol. The van der Waals surface area contributed by atoms with Crippen LogP contribution < -0.4 is 0 Å². The molecule has 4 aliphatic carbocycles. The van der Waals surface area contributed by atoms with Gasteiger partial charge in [-0.15, -0.1) is 0 Å². The smallest absolute Gasteiger partial charge is 0.393 e. The molecule has 6 heteroatoms. The van der Waals surface area contributed by atoms with Gasteiger partial charge < -0.3 is 14.9 Å². The lowest BCUT2D eigenvalue weighted by molar-refractivity contribution is -0.290. The number of alkyl halides is 3. The van der Waals surface area contributed by atoms with E-state index < -0.39 is 11.8 Å². The first-order chi connectivity index (χ1) is 16.9. The van der Waals surface area contributed by atoms with Gasteiger partial charge >= 0.3 is 6.18 Å². The molecule has 4 saturated carbocycles. The number of aliphatic hydroxyl groups excluding tert-OH is 1. The second-order valence-corrected chi connectivity index (χ2v) is 14.2. The Morgan fingerprint density at radius 2 is 1.56 bits per heavy atom. The molecule has 0 radical (unpaired) electrons. The van der Waals surface area contributed by atoms with Gasteiger partial charge in [-0.25, -0.2) is 0 Å². The van der Waals surface area contributed by atoms with E-state index in [9.17, 15) is 23.4 Å². The molecule has 0 bridgehead atoms. The molecule has 10 atom stereocenters. The first-order valence-corrected chi connectivity index (χ1v) is 14.9. The minimum absolute atomic E-state index is 0.0220. The van der Waals surface area contributed by atoms with E-state index in [1.54, 1.807) is 0 Å². The summed E-state index contributed by atoms with van der Waals surface area (Å²) in [6, 6.07) is 0. The monoisotopic (exact) mass is 514 g/mol. The zero-order valence-corrected chi connectivity index (χ0v) is 22.7. The molecule has 0 unspecified atom stereocenters. The van der Waals surface area contributed by atoms with Crippen molar-refractivity contribution in [2.75, 3.05) is 13.2 Å². The molecule has 0 aromatic heterocycles. The molecule has 0 amide bonds. The Balaban J connectivity index is 1.23. The third-order valence-corrected chi connectivity index (χ3v) is 12.7. The summed E-state index contributed by atoms with van der Waals surface area (Å²) in [4.78, 5) is 0. The summed E-state index contributed by atoms with van der Waals surface area (Å²) < 4.78 is 46.4. The summed E-state index contributed by atoms with van der Waals surface area (Å²) in [5, 5.41) is 21.3. The van der Waals surface area contributed by atoms with E-state index >= 15 is 0 Å². The van der Waals surface area contributed by atoms with Crippen molar-refractivity contribution in [3.8, 4) is 0 Å². The first-order valence-electron chi connectivity index (χ1n) is 14.9. The van der Waals surface area contributed by atoms with Crippen LogP contribution in [0.4, 0.5) is 13.2 Å². The van der Waals surface area contributed by atoms with Crippen LogP contribution >= 0.6 is 0 Å². The van der Waals surface area contributed by atoms with E-state index in [0.717, 1.165) is 58.2 Å². The molecule has 0 spiro atoms. The zero-order chi connectivity index (χ0) is 25.9. The highest BCUT2D eigenvalue weighted by Gasteiger charge is 2.65. The lowest BCUT2D eigenvalue weighted by Crippen LogP contribution is -2.59. The van der Waals surface area contributed by atoms with E-state index in [0.29, 0.717) is 47.3 Å². The average Bonchev–Trinajstić information content (AvgIpc) is 3.20. The summed E-state index contributed by atoms with van der Waals surface area (Å²) in [6.45, 7) is 8.74. The maximum absolute atomic E-state index is 13.6. The Morgan fingerprint density at radius 1 is 0.861 bits per heavy atom. The molecule has 5 rings (SSSR count). The number of halogens is 3. The fraction of sp³-hybridized carbons (Fsp3) is 1.00. The van der Waals surface area contributed by atoms with E-state index in [1.807, 2.05) is 0 Å². The standard InChI is InChI=1S/C30H49F3O3/c1-19(4-9-26(34)20-11-16-36-17-12-20)23-7-8-24-22-6-5-21-18-29(35,30(31,32)33)15-14-27(21,2)25(22)10-13-28(23,24)3/h19-26,34-35H,4-18H2,1-3H3/t19-,21+,22+,23-,24+,25+,26-,27+,28-,29+/m1/s1. The second-order valence-electron chi connectivity index (χ2n) is 14.2. The third-order valence-electron chi connectivity index (χ3n) is 12.7. The Labute approximate surface area is 215 Å². The summed E-state index contributed by atoms with van der Waals surface area (Å²) in [6.07, 6.45) is 6.12. The largest absolute Gasteiger partial charge is 0.417 e. The number of rotatable bonds is 5. The van der Waals surface area contributed by atoms with E-state index in [2.05, 4.69) is 20.8 Å². The lowest BCUT2D eigenvalue weighted by atomic mass is 9.43. The van der Waals surface area contributed by atoms with Gasteiger partial charge in [-0.3, -0.25) is 0 Å². The van der Waals surface area contributed by atoms with Crippen LogP contribution in [0.5, 0.6) is 0 Å². The maximum Gasteiger partial charge on any atom is 0.417 e. The van der Waals surface area contributed by atoms with Crippen LogP contribution in [0, 0.1) is 52.3 Å². The normalized spacial score (nSPS) is 47.5. The number of ether oxygens (including phenoxy) is 1. The Morgan fingerprint density at radius 3 is 2.25 bits per heavy atom. The molecular formula is C30H49F3O3. The van der Waals surface area contributed by atoms with Crippen molar-refractivity contribution in [3.63, 3.8) is 0 Å². The van der Waals surface area contributed by atoms with Crippen molar-refractivity contribution < 1.29 is 28.1 Å². The molecule has 3 nitrogen and oxygen atoms in total. The van der Waals surface area contributed by atoms with Gasteiger partial charge in [-0.1, -0.05) is 20.8 Å². The van der Waals surface area contributed by atoms with Crippen molar-refractivity contribution in [1.82, 2.24) is 0 Å². The van der Waals surface area contributed by atoms with Gasteiger partial charge in [-0.2, -0.15) is 13.2 Å². The van der Waals surface area contributed by atoms with E-state index in [1.165, 1.54) is 19.3 Å². The Hall–Kier alpha value is -0.330. The molecule has 36 heavy (non-hydrogen) atoms. The van der Waals surface area contributed by atoms with Gasteiger partial charge in [0.05, 0.1) is 6.10 Å². The molecule has 0 aromatic rings. The second kappa shape index (κ2) is 9.70. The predicted octanol–water partition coefficient (Wildman–Crippen LogP) is 7.14. The molecular weight excluding hydrogens is 465 g/mol. The minimum atomic E-state index is -4.52. The van der Waals surface area contributed by atoms with Crippen LogP contribution in [0.25, 0.3) is 0 Å². The molecule has 5 fully saturated rings.